The number of nitrogens with zero attached hydrogens (tertiary/aromatic N) is 1. The summed E-state index contributed by atoms with van der Waals surface area (Å²) < 4.78 is 12.9. The van der Waals surface area contributed by atoms with E-state index in [1.807, 2.05) is 0 Å². The first-order valence-corrected chi connectivity index (χ1v) is 5.30. The van der Waals surface area contributed by atoms with Gasteiger partial charge < -0.3 is 4.90 Å². The fourth-order valence-electron chi connectivity index (χ4n) is 1.73. The Labute approximate surface area is 92.6 Å². The minimum Gasteiger partial charge on any atom is -0.339 e. The number of carbonyl (C=O) groups is 1. The van der Waals surface area contributed by atoms with Crippen molar-refractivity contribution in [3.05, 3.63) is 34.6 Å². The zero-order valence-electron chi connectivity index (χ0n) is 8.17. The van der Waals surface area contributed by atoms with Crippen LogP contribution >= 0.6 is 11.6 Å². The molecule has 0 bridgehead atoms. The largest absolute Gasteiger partial charge is 0.339 e. The second kappa shape index (κ2) is 4.19. The van der Waals surface area contributed by atoms with Crippen molar-refractivity contribution in [2.24, 2.45) is 0 Å². The second-order valence-corrected chi connectivity index (χ2v) is 4.04. The van der Waals surface area contributed by atoms with Gasteiger partial charge in [-0.3, -0.25) is 4.79 Å². The lowest BCUT2D eigenvalue weighted by Crippen LogP contribution is -2.27. The third kappa shape index (κ3) is 2.12. The summed E-state index contributed by atoms with van der Waals surface area (Å²) in [5.41, 5.74) is 0.461. The SMILES string of the molecule is O=C(c1ccc([18F])c(Cl)c1)N1CCCC1. The highest BCUT2D eigenvalue weighted by Crippen LogP contribution is 2.19. The third-order valence-corrected chi connectivity index (χ3v) is 2.85. The van der Waals surface area contributed by atoms with E-state index < -0.39 is 5.82 Å². The Bertz CT molecular complexity index is 388. The van der Waals surface area contributed by atoms with Crippen molar-refractivity contribution < 1.29 is 9.18 Å². The molecule has 1 aromatic rings. The number of likely N-dealkylation sites (tertiary alicyclic amines) is 1. The molecule has 4 heteroatoms. The predicted molar refractivity (Wildman–Crippen MR) is 56.5 cm³/mol. The molecule has 0 aromatic heterocycles. The van der Waals surface area contributed by atoms with Crippen LogP contribution in [0.5, 0.6) is 0 Å². The van der Waals surface area contributed by atoms with E-state index in [0.29, 0.717) is 5.56 Å². The van der Waals surface area contributed by atoms with Crippen molar-refractivity contribution in [1.82, 2.24) is 4.90 Å². The molecular formula is C11H11ClFNO. The number of hydrogen-bond donors (Lipinski definition) is 0. The fourth-order valence-corrected chi connectivity index (χ4v) is 1.91. The Hall–Kier alpha value is -1.09. The average molecular weight is 227 g/mol. The molecule has 0 aliphatic carbocycles. The van der Waals surface area contributed by atoms with Crippen molar-refractivity contribution in [2.75, 3.05) is 13.1 Å². The van der Waals surface area contributed by atoms with E-state index >= 15 is 0 Å². The van der Waals surface area contributed by atoms with E-state index in [-0.39, 0.29) is 10.9 Å². The molecule has 0 N–H and O–H groups in total. The molecule has 15 heavy (non-hydrogen) atoms. The molecule has 1 aliphatic heterocycles. The monoisotopic (exact) mass is 226 g/mol. The van der Waals surface area contributed by atoms with Crippen LogP contribution in [0.2, 0.25) is 5.02 Å². The summed E-state index contributed by atoms with van der Waals surface area (Å²) in [6, 6.07) is 4.09. The van der Waals surface area contributed by atoms with Gasteiger partial charge >= 0.3 is 0 Å². The summed E-state index contributed by atoms with van der Waals surface area (Å²) >= 11 is 5.62. The van der Waals surface area contributed by atoms with Gasteiger partial charge in [-0.25, -0.2) is 4.39 Å². The van der Waals surface area contributed by atoms with E-state index in [2.05, 4.69) is 0 Å². The molecule has 0 spiro atoms. The van der Waals surface area contributed by atoms with Gasteiger partial charge in [-0.05, 0) is 31.0 Å². The first-order chi connectivity index (χ1) is 7.18. The van der Waals surface area contributed by atoms with Crippen molar-refractivity contribution >= 4 is 17.5 Å². The molecule has 80 valence electrons. The van der Waals surface area contributed by atoms with Crippen molar-refractivity contribution in [2.45, 2.75) is 12.8 Å². The fraction of sp³-hybridized carbons (Fsp3) is 0.364. The standard InChI is InChI=1S/C11H11ClFNO/c12-9-7-8(3-4-10(9)13)11(15)14-5-1-2-6-14/h3-4,7H,1-2,5-6H2/i13-1. The van der Waals surface area contributed by atoms with Gasteiger partial charge in [0.15, 0.2) is 0 Å². The van der Waals surface area contributed by atoms with E-state index in [1.165, 1.54) is 18.2 Å². The Morgan fingerprint density at radius 3 is 2.60 bits per heavy atom. The smallest absolute Gasteiger partial charge is 0.253 e. The topological polar surface area (TPSA) is 20.3 Å². The Balaban J connectivity index is 2.21. The maximum absolute atomic E-state index is 12.9. The van der Waals surface area contributed by atoms with Crippen LogP contribution in [0.25, 0.3) is 0 Å². The summed E-state index contributed by atoms with van der Waals surface area (Å²) in [6.45, 7) is 1.57. The molecule has 1 aliphatic rings. The van der Waals surface area contributed by atoms with Crippen LogP contribution in [0.3, 0.4) is 0 Å². The molecule has 1 fully saturated rings. The molecule has 0 saturated carbocycles. The van der Waals surface area contributed by atoms with Gasteiger partial charge in [0, 0.05) is 18.7 Å². The van der Waals surface area contributed by atoms with Gasteiger partial charge in [-0.2, -0.15) is 0 Å². The number of halogens is 2. The summed E-state index contributed by atoms with van der Waals surface area (Å²) in [5.74, 6) is -0.552. The Kier molecular flexibility index (Phi) is 2.91. The van der Waals surface area contributed by atoms with Gasteiger partial charge in [0.05, 0.1) is 5.02 Å². The van der Waals surface area contributed by atoms with Crippen LogP contribution in [-0.4, -0.2) is 23.9 Å². The summed E-state index contributed by atoms with van der Waals surface area (Å²) in [7, 11) is 0. The van der Waals surface area contributed by atoms with Crippen LogP contribution < -0.4 is 0 Å². The lowest BCUT2D eigenvalue weighted by molar-refractivity contribution is 0.0793. The zero-order valence-corrected chi connectivity index (χ0v) is 8.93. The van der Waals surface area contributed by atoms with E-state index in [4.69, 9.17) is 11.6 Å². The lowest BCUT2D eigenvalue weighted by atomic mass is 10.2. The first-order valence-electron chi connectivity index (χ1n) is 4.93. The molecule has 0 radical (unpaired) electrons. The highest BCUT2D eigenvalue weighted by Gasteiger charge is 2.19. The second-order valence-electron chi connectivity index (χ2n) is 3.63. The molecule has 2 nitrogen and oxygen atoms in total. The summed E-state index contributed by atoms with van der Waals surface area (Å²) in [5, 5.41) is 0.0000435. The van der Waals surface area contributed by atoms with Gasteiger partial charge in [0.1, 0.15) is 5.82 Å². The molecule has 1 amide bonds. The molecule has 1 aromatic carbocycles. The normalized spacial score (nSPS) is 15.7. The molecule has 0 atom stereocenters. The van der Waals surface area contributed by atoms with E-state index in [0.717, 1.165) is 25.9 Å². The van der Waals surface area contributed by atoms with E-state index in [1.54, 1.807) is 4.90 Å². The first kappa shape index (κ1) is 10.4. The third-order valence-electron chi connectivity index (χ3n) is 2.56. The van der Waals surface area contributed by atoms with Crippen LogP contribution in [0.1, 0.15) is 23.2 Å². The minimum atomic E-state index is -0.491. The maximum atomic E-state index is 12.9. The highest BCUT2D eigenvalue weighted by molar-refractivity contribution is 6.31. The quantitative estimate of drug-likeness (QED) is 0.721. The number of amides is 1. The number of hydrogen-bond acceptors (Lipinski definition) is 1. The van der Waals surface area contributed by atoms with Crippen LogP contribution in [0.15, 0.2) is 18.2 Å². The number of rotatable bonds is 1. The Morgan fingerprint density at radius 1 is 1.33 bits per heavy atom. The van der Waals surface area contributed by atoms with Crippen LogP contribution in [-0.2, 0) is 0 Å². The predicted octanol–water partition coefficient (Wildman–Crippen LogP) is 2.72. The highest BCUT2D eigenvalue weighted by atomic mass is 35.5. The van der Waals surface area contributed by atoms with Crippen molar-refractivity contribution in [3.8, 4) is 0 Å². The summed E-state index contributed by atoms with van der Waals surface area (Å²) in [6.07, 6.45) is 2.08. The molecular weight excluding hydrogens is 216 g/mol. The van der Waals surface area contributed by atoms with Gasteiger partial charge in [0.2, 0.25) is 0 Å². The van der Waals surface area contributed by atoms with Crippen molar-refractivity contribution in [3.63, 3.8) is 0 Å². The molecule has 1 saturated heterocycles. The van der Waals surface area contributed by atoms with Gasteiger partial charge in [-0.15, -0.1) is 0 Å². The van der Waals surface area contributed by atoms with Crippen molar-refractivity contribution in [1.29, 1.82) is 0 Å². The number of benzene rings is 1. The van der Waals surface area contributed by atoms with Gasteiger partial charge in [-0.1, -0.05) is 11.6 Å². The minimum absolute atomic E-state index is 0.0000435. The number of carbonyl (C=O) groups excluding carboxylic acids is 1. The molecule has 1 heterocycles. The average Bonchev–Trinajstić information content (AvgIpc) is 2.74. The molecule has 0 unspecified atom stereocenters. The van der Waals surface area contributed by atoms with Gasteiger partial charge in [0.25, 0.3) is 5.91 Å². The van der Waals surface area contributed by atoms with Crippen LogP contribution in [0, 0.1) is 5.82 Å². The molecule has 2 rings (SSSR count). The zero-order chi connectivity index (χ0) is 10.8. The van der Waals surface area contributed by atoms with E-state index in [9.17, 15) is 9.18 Å². The maximum Gasteiger partial charge on any atom is 0.253 e. The summed E-state index contributed by atoms with van der Waals surface area (Å²) in [4.78, 5) is 13.6. The lowest BCUT2D eigenvalue weighted by Gasteiger charge is -2.15. The Morgan fingerprint density at radius 2 is 2.00 bits per heavy atom. The van der Waals surface area contributed by atoms with Crippen LogP contribution in [0.4, 0.5) is 4.39 Å².